The number of benzene rings is 1. The Morgan fingerprint density at radius 3 is 2.18 bits per heavy atom. The van der Waals surface area contributed by atoms with Crippen molar-refractivity contribution in [1.29, 1.82) is 0 Å². The Morgan fingerprint density at radius 1 is 1.27 bits per heavy atom. The van der Waals surface area contributed by atoms with Crippen LogP contribution in [0.4, 0.5) is 13.2 Å². The molecule has 0 atom stereocenters. The molecular weight excluding hydrogens is 325 g/mol. The molecule has 0 unspecified atom stereocenters. The van der Waals surface area contributed by atoms with E-state index in [1.165, 1.54) is 9.13 Å². The second-order valence-electron chi connectivity index (χ2n) is 4.23. The molecule has 1 heterocycles. The Hall–Kier alpha value is -1.65. The van der Waals surface area contributed by atoms with Gasteiger partial charge >= 0.3 is 12.0 Å². The Labute approximate surface area is 125 Å². The number of fused-ring (bicyclic) bond motifs is 1. The Balaban J connectivity index is 0.000000422. The van der Waals surface area contributed by atoms with Crippen LogP contribution in [0.5, 0.6) is 0 Å². The summed E-state index contributed by atoms with van der Waals surface area (Å²) in [5.41, 5.74) is 1.26. The lowest BCUT2D eigenvalue weighted by Crippen LogP contribution is -2.41. The first-order valence-corrected chi connectivity index (χ1v) is 7.63. The van der Waals surface area contributed by atoms with Crippen molar-refractivity contribution < 1.29 is 35.3 Å². The average molecular weight is 340 g/mol. The molecule has 6 nitrogen and oxygen atoms in total. The van der Waals surface area contributed by atoms with E-state index in [0.717, 1.165) is 0 Å². The molecule has 0 saturated heterocycles. The maximum atomic E-state index is 13.1. The fraction of sp³-hybridized carbons (Fsp3) is 0.417. The second-order valence-corrected chi connectivity index (χ2v) is 5.08. The van der Waals surface area contributed by atoms with Crippen molar-refractivity contribution in [2.75, 3.05) is 0 Å². The number of alkyl halides is 3. The van der Waals surface area contributed by atoms with Gasteiger partial charge in [0.25, 0.3) is 0 Å². The minimum absolute atomic E-state index is 0.308. The number of para-hydroxylation sites is 2. The van der Waals surface area contributed by atoms with Gasteiger partial charge in [-0.15, -0.1) is 0 Å². The van der Waals surface area contributed by atoms with Gasteiger partial charge in [-0.2, -0.15) is 13.2 Å². The van der Waals surface area contributed by atoms with Crippen molar-refractivity contribution in [3.8, 4) is 0 Å². The third kappa shape index (κ3) is 4.42. The van der Waals surface area contributed by atoms with Crippen LogP contribution in [0.15, 0.2) is 24.3 Å². The third-order valence-corrected chi connectivity index (χ3v) is 2.86. The van der Waals surface area contributed by atoms with Gasteiger partial charge < -0.3 is 4.55 Å². The van der Waals surface area contributed by atoms with Gasteiger partial charge in [0, 0.05) is 0 Å². The SMILES string of the molecule is CCn1c(C(F)(F)F)[n+](CC)c2ccccc21.O=S(=O)([O-])O. The van der Waals surface area contributed by atoms with Crippen molar-refractivity contribution in [2.24, 2.45) is 0 Å². The standard InChI is InChI=1S/C12H14F3N2.H2O4S/c1-3-16-9-7-5-6-8-10(9)17(4-2)11(16)12(13,14)15;1-5(2,3)4/h5-8H,3-4H2,1-2H3;(H2,1,2,3,4)/q+1;/p-1. The Bertz CT molecular complexity index is 705. The van der Waals surface area contributed by atoms with Gasteiger partial charge in [0.15, 0.2) is 11.0 Å². The fourth-order valence-electron chi connectivity index (χ4n) is 2.24. The highest BCUT2D eigenvalue weighted by molar-refractivity contribution is 7.79. The molecule has 1 aromatic heterocycles. The van der Waals surface area contributed by atoms with Gasteiger partial charge in [-0.25, -0.2) is 17.6 Å². The van der Waals surface area contributed by atoms with Gasteiger partial charge in [0.1, 0.15) is 0 Å². The van der Waals surface area contributed by atoms with Crippen LogP contribution >= 0.6 is 0 Å². The maximum Gasteiger partial charge on any atom is 0.495 e. The molecule has 0 fully saturated rings. The number of aryl methyl sites for hydroxylation is 2. The summed E-state index contributed by atoms with van der Waals surface area (Å²) in [6.45, 7) is 4.06. The summed E-state index contributed by atoms with van der Waals surface area (Å²) in [6.07, 6.45) is -4.33. The summed E-state index contributed by atoms with van der Waals surface area (Å²) in [7, 11) is -4.92. The van der Waals surface area contributed by atoms with Gasteiger partial charge in [-0.05, 0) is 26.0 Å². The molecule has 0 amide bonds. The minimum Gasteiger partial charge on any atom is -0.726 e. The topological polar surface area (TPSA) is 86.2 Å². The second kappa shape index (κ2) is 6.63. The van der Waals surface area contributed by atoms with E-state index in [1.54, 1.807) is 38.1 Å². The molecule has 124 valence electrons. The highest BCUT2D eigenvalue weighted by Crippen LogP contribution is 2.30. The van der Waals surface area contributed by atoms with E-state index in [0.29, 0.717) is 24.1 Å². The molecule has 0 aliphatic heterocycles. The van der Waals surface area contributed by atoms with Gasteiger partial charge in [0.05, 0.1) is 13.1 Å². The van der Waals surface area contributed by atoms with Crippen LogP contribution in [0.3, 0.4) is 0 Å². The number of hydrogen-bond donors (Lipinski definition) is 1. The van der Waals surface area contributed by atoms with Gasteiger partial charge in [0.2, 0.25) is 10.4 Å². The van der Waals surface area contributed by atoms with Gasteiger partial charge in [-0.1, -0.05) is 12.1 Å². The summed E-state index contributed by atoms with van der Waals surface area (Å²) >= 11 is 0. The van der Waals surface area contributed by atoms with Crippen LogP contribution in [0, 0.1) is 0 Å². The average Bonchev–Trinajstić information content (AvgIpc) is 2.70. The highest BCUT2D eigenvalue weighted by atomic mass is 32.3. The van der Waals surface area contributed by atoms with Crippen molar-refractivity contribution in [3.05, 3.63) is 30.1 Å². The number of imidazole rings is 1. The van der Waals surface area contributed by atoms with E-state index in [1.807, 2.05) is 0 Å². The summed E-state index contributed by atoms with van der Waals surface area (Å²) in [5.74, 6) is -0.580. The van der Waals surface area contributed by atoms with Crippen molar-refractivity contribution in [3.63, 3.8) is 0 Å². The molecule has 10 heteroatoms. The van der Waals surface area contributed by atoms with Crippen LogP contribution in [0.1, 0.15) is 19.7 Å². The lowest BCUT2D eigenvalue weighted by atomic mass is 10.3. The van der Waals surface area contributed by atoms with E-state index >= 15 is 0 Å². The zero-order chi connectivity index (χ0) is 17.1. The molecule has 0 bridgehead atoms. The first-order valence-electron chi connectivity index (χ1n) is 6.27. The quantitative estimate of drug-likeness (QED) is 0.515. The monoisotopic (exact) mass is 340 g/mol. The zero-order valence-corrected chi connectivity index (χ0v) is 12.6. The van der Waals surface area contributed by atoms with E-state index in [4.69, 9.17) is 17.5 Å². The van der Waals surface area contributed by atoms with Crippen LogP contribution < -0.4 is 4.57 Å². The molecule has 0 radical (unpaired) electrons. The number of aromatic nitrogens is 2. The molecule has 2 aromatic rings. The first kappa shape index (κ1) is 18.4. The number of nitrogens with zero attached hydrogens (tertiary/aromatic N) is 2. The zero-order valence-electron chi connectivity index (χ0n) is 11.8. The van der Waals surface area contributed by atoms with E-state index in [-0.39, 0.29) is 0 Å². The molecule has 22 heavy (non-hydrogen) atoms. The fourth-order valence-corrected chi connectivity index (χ4v) is 2.24. The molecule has 0 aliphatic carbocycles. The normalized spacial score (nSPS) is 12.1. The molecule has 2 rings (SSSR count). The molecule has 0 aliphatic rings. The predicted molar refractivity (Wildman–Crippen MR) is 70.8 cm³/mol. The van der Waals surface area contributed by atoms with Crippen molar-refractivity contribution in [1.82, 2.24) is 4.57 Å². The molecule has 1 aromatic carbocycles. The van der Waals surface area contributed by atoms with E-state index < -0.39 is 22.4 Å². The van der Waals surface area contributed by atoms with Crippen molar-refractivity contribution >= 4 is 21.4 Å². The van der Waals surface area contributed by atoms with Crippen LogP contribution in [-0.2, 0) is 29.7 Å². The smallest absolute Gasteiger partial charge is 0.495 e. The lowest BCUT2D eigenvalue weighted by molar-refractivity contribution is -0.688. The summed E-state index contributed by atoms with van der Waals surface area (Å²) < 4.78 is 74.7. The number of hydrogen-bond acceptors (Lipinski definition) is 3. The maximum absolute atomic E-state index is 13.1. The van der Waals surface area contributed by atoms with Gasteiger partial charge in [-0.3, -0.25) is 4.55 Å². The van der Waals surface area contributed by atoms with Crippen molar-refractivity contribution in [2.45, 2.75) is 33.1 Å². The number of rotatable bonds is 2. The molecular formula is C12H15F3N2O4S. The Kier molecular flexibility index (Phi) is 5.54. The largest absolute Gasteiger partial charge is 0.726 e. The van der Waals surface area contributed by atoms with E-state index in [9.17, 15) is 13.2 Å². The summed E-state index contributed by atoms with van der Waals surface area (Å²) in [5, 5.41) is 0. The molecule has 0 saturated carbocycles. The van der Waals surface area contributed by atoms with Crippen LogP contribution in [-0.4, -0.2) is 22.1 Å². The molecule has 0 spiro atoms. The third-order valence-electron chi connectivity index (χ3n) is 2.86. The van der Waals surface area contributed by atoms with Crippen LogP contribution in [0.25, 0.3) is 11.0 Å². The highest BCUT2D eigenvalue weighted by Gasteiger charge is 2.46. The summed E-state index contributed by atoms with van der Waals surface area (Å²) in [6, 6.07) is 6.96. The summed E-state index contributed by atoms with van der Waals surface area (Å²) in [4.78, 5) is 0. The first-order chi connectivity index (χ1) is 10.0. The lowest BCUT2D eigenvalue weighted by Gasteiger charge is -2.05. The van der Waals surface area contributed by atoms with Crippen LogP contribution in [0.2, 0.25) is 0 Å². The molecule has 1 N–H and O–H groups in total. The van der Waals surface area contributed by atoms with E-state index in [2.05, 4.69) is 0 Å². The Morgan fingerprint density at radius 2 is 1.77 bits per heavy atom. The minimum atomic E-state index is -4.92. The number of halogens is 3. The predicted octanol–water partition coefficient (Wildman–Crippen LogP) is 1.99.